The molecule has 0 spiro atoms. The van der Waals surface area contributed by atoms with E-state index in [0.29, 0.717) is 51.7 Å². The molecule has 50 heavy (non-hydrogen) atoms. The second kappa shape index (κ2) is 16.2. The number of aliphatic hydroxyl groups is 1. The van der Waals surface area contributed by atoms with E-state index in [1.807, 2.05) is 13.8 Å². The maximum atomic E-state index is 14.6. The van der Waals surface area contributed by atoms with Crippen LogP contribution in [0.5, 0.6) is 0 Å². The minimum atomic E-state index is -4.31. The molecule has 2 amide bonds. The molecule has 0 aromatic carbocycles. The highest BCUT2D eigenvalue weighted by molar-refractivity contribution is 6.21. The van der Waals surface area contributed by atoms with Gasteiger partial charge in [-0.15, -0.1) is 11.6 Å². The van der Waals surface area contributed by atoms with E-state index < -0.39 is 53.9 Å². The summed E-state index contributed by atoms with van der Waals surface area (Å²) in [7, 11) is 0. The summed E-state index contributed by atoms with van der Waals surface area (Å²) in [6, 6.07) is -2.80. The zero-order valence-electron chi connectivity index (χ0n) is 29.1. The third-order valence-electron chi connectivity index (χ3n) is 12.2. The van der Waals surface area contributed by atoms with Crippen molar-refractivity contribution in [3.63, 3.8) is 0 Å². The summed E-state index contributed by atoms with van der Waals surface area (Å²) >= 11 is 6.41. The summed E-state index contributed by atoms with van der Waals surface area (Å²) in [5.74, 6) is -1.48. The fourth-order valence-electron chi connectivity index (χ4n) is 9.20. The van der Waals surface area contributed by atoms with Crippen molar-refractivity contribution in [3.8, 4) is 0 Å². The maximum absolute atomic E-state index is 14.6. The Balaban J connectivity index is 1.17. The Labute approximate surface area is 297 Å². The second-order valence-electron chi connectivity index (χ2n) is 15.1. The number of ketones is 1. The average Bonchev–Trinajstić information content (AvgIpc) is 3.11. The summed E-state index contributed by atoms with van der Waals surface area (Å²) in [6.07, 6.45) is -3.17. The highest BCUT2D eigenvalue weighted by atomic mass is 35.5. The Morgan fingerprint density at radius 3 is 2.42 bits per heavy atom. The lowest BCUT2D eigenvalue weighted by Gasteiger charge is -2.56. The van der Waals surface area contributed by atoms with Crippen LogP contribution < -0.4 is 31.9 Å². The number of halogens is 4. The van der Waals surface area contributed by atoms with Gasteiger partial charge in [0.25, 0.3) is 0 Å². The summed E-state index contributed by atoms with van der Waals surface area (Å²) in [5, 5.41) is 29.7. The molecule has 5 heterocycles. The van der Waals surface area contributed by atoms with Crippen LogP contribution in [-0.2, 0) is 14.4 Å². The van der Waals surface area contributed by atoms with Gasteiger partial charge < -0.3 is 26.0 Å². The molecule has 5 aliphatic heterocycles. The third kappa shape index (κ3) is 8.13. The normalized spacial score (nSPS) is 39.9. The van der Waals surface area contributed by atoms with Gasteiger partial charge in [-0.05, 0) is 64.5 Å². The van der Waals surface area contributed by atoms with Gasteiger partial charge in [0.15, 0.2) is 5.78 Å². The molecule has 0 radical (unpaired) electrons. The first-order valence-corrected chi connectivity index (χ1v) is 19.0. The smallest absolute Gasteiger partial charge is 0.389 e. The van der Waals surface area contributed by atoms with Gasteiger partial charge >= 0.3 is 6.18 Å². The monoisotopic (exact) mass is 733 g/mol. The number of amides is 2. The predicted molar refractivity (Wildman–Crippen MR) is 181 cm³/mol. The van der Waals surface area contributed by atoms with Crippen molar-refractivity contribution < 1.29 is 32.7 Å². The molecule has 6 fully saturated rings. The van der Waals surface area contributed by atoms with E-state index in [1.54, 1.807) is 4.90 Å². The Morgan fingerprint density at radius 2 is 1.76 bits per heavy atom. The highest BCUT2D eigenvalue weighted by Crippen LogP contribution is 2.39. The number of carbonyl (C=O) groups is 3. The molecule has 1 saturated carbocycles. The van der Waals surface area contributed by atoms with Gasteiger partial charge in [-0.2, -0.15) is 13.2 Å². The SMILES string of the molecule is CCC1C(N2CCN(C(=O)C3NCNC(C)C3O)CC2)C(=O)C2NC(C3CCNCC3)CNC2N1CC(=O)NC1CCC(C(F)(F)F)CC1Cl. The van der Waals surface area contributed by atoms with Crippen LogP contribution in [0.25, 0.3) is 0 Å². The number of Topliss-reactive ketones (excluding diaryl/α,β-unsaturated/α-hetero) is 1. The molecule has 17 heteroatoms. The fraction of sp³-hybridized carbons (Fsp3) is 0.909. The van der Waals surface area contributed by atoms with Crippen LogP contribution in [0.15, 0.2) is 0 Å². The molecular formula is C33H55ClF3N9O4. The van der Waals surface area contributed by atoms with Crippen molar-refractivity contribution in [3.05, 3.63) is 0 Å². The van der Waals surface area contributed by atoms with Gasteiger partial charge in [0.1, 0.15) is 6.04 Å². The van der Waals surface area contributed by atoms with Crippen molar-refractivity contribution in [2.24, 2.45) is 11.8 Å². The van der Waals surface area contributed by atoms with Crippen LogP contribution in [0, 0.1) is 11.8 Å². The second-order valence-corrected chi connectivity index (χ2v) is 15.7. The lowest BCUT2D eigenvalue weighted by molar-refractivity contribution is -0.182. The van der Waals surface area contributed by atoms with E-state index >= 15 is 0 Å². The van der Waals surface area contributed by atoms with Crippen molar-refractivity contribution in [1.82, 2.24) is 46.6 Å². The summed E-state index contributed by atoms with van der Waals surface area (Å²) in [6.45, 7) is 8.49. The number of aliphatic hydroxyl groups excluding tert-OH is 1. The molecule has 0 aromatic rings. The maximum Gasteiger partial charge on any atom is 0.391 e. The molecule has 11 atom stereocenters. The Bertz CT molecular complexity index is 1210. The van der Waals surface area contributed by atoms with E-state index in [9.17, 15) is 32.7 Å². The molecule has 13 nitrogen and oxygen atoms in total. The number of nitrogens with zero attached hydrogens (tertiary/aromatic N) is 3. The van der Waals surface area contributed by atoms with Crippen LogP contribution in [0.3, 0.4) is 0 Å². The number of carbonyl (C=O) groups excluding carboxylic acids is 3. The standard InChI is InChI=1S/C33H55ClF3N9O4/c1-3-24-28(44-10-12-45(13-11-44)32(50)27-29(48)18(2)40-17-41-27)30(49)26-31(39-15-23(43-26)19-6-8-38-9-7-19)46(24)16-25(47)42-22-5-4-20(14-21(22)34)33(35,36)37/h18-24,26-29,31,38-41,43,48H,3-17H2,1-2H3,(H,42,47). The highest BCUT2D eigenvalue weighted by Gasteiger charge is 2.54. The zero-order valence-corrected chi connectivity index (χ0v) is 29.8. The lowest BCUT2D eigenvalue weighted by Crippen LogP contribution is -2.80. The third-order valence-corrected chi connectivity index (χ3v) is 12.6. The van der Waals surface area contributed by atoms with Crippen LogP contribution in [0.4, 0.5) is 13.2 Å². The molecule has 1 aliphatic carbocycles. The lowest BCUT2D eigenvalue weighted by atomic mass is 9.81. The first-order chi connectivity index (χ1) is 23.9. The first-order valence-electron chi connectivity index (χ1n) is 18.5. The number of piperazine rings is 2. The Morgan fingerprint density at radius 1 is 1.04 bits per heavy atom. The number of hydrogen-bond acceptors (Lipinski definition) is 11. The molecule has 6 rings (SSSR count). The molecule has 5 saturated heterocycles. The molecule has 284 valence electrons. The molecule has 7 N–H and O–H groups in total. The van der Waals surface area contributed by atoms with Crippen LogP contribution >= 0.6 is 11.6 Å². The van der Waals surface area contributed by atoms with Gasteiger partial charge in [-0.25, -0.2) is 0 Å². The van der Waals surface area contributed by atoms with Crippen molar-refractivity contribution in [1.29, 1.82) is 0 Å². The molecule has 6 aliphatic rings. The number of likely N-dealkylation sites (tertiary alicyclic amines) is 1. The molecule has 11 unspecified atom stereocenters. The van der Waals surface area contributed by atoms with Crippen molar-refractivity contribution >= 4 is 29.2 Å². The first kappa shape index (κ1) is 38.1. The van der Waals surface area contributed by atoms with Gasteiger partial charge in [0.05, 0.1) is 42.2 Å². The number of nitrogens with one attached hydrogen (secondary N) is 6. The summed E-state index contributed by atoms with van der Waals surface area (Å²) in [5.41, 5.74) is 0. The van der Waals surface area contributed by atoms with Crippen LogP contribution in [0.1, 0.15) is 52.4 Å². The largest absolute Gasteiger partial charge is 0.391 e. The molecular weight excluding hydrogens is 679 g/mol. The van der Waals surface area contributed by atoms with Gasteiger partial charge in [-0.1, -0.05) is 6.92 Å². The van der Waals surface area contributed by atoms with Crippen molar-refractivity contribution in [2.75, 3.05) is 59.0 Å². The summed E-state index contributed by atoms with van der Waals surface area (Å²) in [4.78, 5) is 47.6. The van der Waals surface area contributed by atoms with E-state index in [-0.39, 0.29) is 61.5 Å². The molecule has 0 bridgehead atoms. The van der Waals surface area contributed by atoms with E-state index in [2.05, 4.69) is 41.7 Å². The minimum absolute atomic E-state index is 0.0329. The van der Waals surface area contributed by atoms with Gasteiger partial charge in [0.2, 0.25) is 11.8 Å². The topological polar surface area (TPSA) is 153 Å². The number of alkyl halides is 4. The Kier molecular flexibility index (Phi) is 12.3. The average molecular weight is 734 g/mol. The minimum Gasteiger partial charge on any atom is -0.389 e. The van der Waals surface area contributed by atoms with Crippen LogP contribution in [0.2, 0.25) is 0 Å². The number of rotatable bonds is 7. The van der Waals surface area contributed by atoms with E-state index in [1.165, 1.54) is 0 Å². The number of piperidine rings is 2. The quantitative estimate of drug-likeness (QED) is 0.164. The number of fused-ring (bicyclic) bond motifs is 1. The number of hydrogen-bond donors (Lipinski definition) is 7. The van der Waals surface area contributed by atoms with Gasteiger partial charge in [0, 0.05) is 63.6 Å². The molecule has 0 aromatic heterocycles. The summed E-state index contributed by atoms with van der Waals surface area (Å²) < 4.78 is 40.1. The predicted octanol–water partition coefficient (Wildman–Crippen LogP) is -0.859. The van der Waals surface area contributed by atoms with Crippen molar-refractivity contribution in [2.45, 2.75) is 118 Å². The zero-order chi connectivity index (χ0) is 35.7. The Hall–Kier alpha value is -1.63. The fourth-order valence-corrected chi connectivity index (χ4v) is 9.61. The van der Waals surface area contributed by atoms with E-state index in [4.69, 9.17) is 11.6 Å². The van der Waals surface area contributed by atoms with Crippen LogP contribution in [-0.4, -0.2) is 163 Å². The van der Waals surface area contributed by atoms with Gasteiger partial charge in [-0.3, -0.25) is 40.1 Å². The van der Waals surface area contributed by atoms with E-state index in [0.717, 1.165) is 25.9 Å².